The molecule has 0 saturated heterocycles. The highest BCUT2D eigenvalue weighted by Gasteiger charge is 2.03. The fourth-order valence-corrected chi connectivity index (χ4v) is 1.68. The van der Waals surface area contributed by atoms with E-state index in [2.05, 4.69) is 4.98 Å². The molecule has 2 rings (SSSR count). The van der Waals surface area contributed by atoms with Gasteiger partial charge in [0.05, 0.1) is 4.70 Å². The zero-order valence-electron chi connectivity index (χ0n) is 6.95. The molecule has 1 radical (unpaired) electrons. The van der Waals surface area contributed by atoms with Crippen molar-refractivity contribution < 1.29 is 5.82 Å². The number of nitrogen functional groups attached to an aromatic ring is 1. The van der Waals surface area contributed by atoms with Crippen molar-refractivity contribution in [3.8, 4) is 0 Å². The molecule has 0 aliphatic rings. The number of nitrogens with zero attached hydrogens (tertiary/aromatic N) is 1. The van der Waals surface area contributed by atoms with Gasteiger partial charge in [-0.15, -0.1) is 17.0 Å². The lowest BCUT2D eigenvalue weighted by atomic mass is 10.3. The number of aromatic nitrogens is 1. The SMILES string of the molecule is Br.Nc1nc2c(F)cccc2s1.[H]. The maximum atomic E-state index is 12.9. The average Bonchev–Trinajstić information content (AvgIpc) is 2.31. The van der Waals surface area contributed by atoms with Gasteiger partial charge in [-0.05, 0) is 12.1 Å². The number of fused-ring (bicyclic) bond motifs is 1. The fraction of sp³-hybridized carbons (Fsp3) is 0. The standard InChI is InChI=1S/C7H5FN2S.BrH.H/c8-4-2-1-3-5-6(4)10-7(9)11-5;;/h1-3H,(H2,9,10);1H;. The van der Waals surface area contributed by atoms with Crippen LogP contribution in [-0.2, 0) is 0 Å². The van der Waals surface area contributed by atoms with Gasteiger partial charge in [0, 0.05) is 1.43 Å². The predicted molar refractivity (Wildman–Crippen MR) is 55.4 cm³/mol. The molecule has 1 heterocycles. The van der Waals surface area contributed by atoms with Gasteiger partial charge in [-0.25, -0.2) is 9.37 Å². The number of anilines is 1. The van der Waals surface area contributed by atoms with E-state index in [0.717, 1.165) is 4.70 Å². The fourth-order valence-electron chi connectivity index (χ4n) is 0.932. The first-order valence-electron chi connectivity index (χ1n) is 3.08. The minimum atomic E-state index is -0.310. The first kappa shape index (κ1) is 9.41. The molecule has 2 N–H and O–H groups in total. The number of rotatable bonds is 0. The molecule has 0 fully saturated rings. The minimum absolute atomic E-state index is 0. The molecular weight excluding hydrogens is 243 g/mol. The lowest BCUT2D eigenvalue weighted by Crippen LogP contribution is -1.81. The Kier molecular flexibility index (Phi) is 2.64. The maximum absolute atomic E-state index is 12.9. The highest BCUT2D eigenvalue weighted by Crippen LogP contribution is 2.24. The third kappa shape index (κ3) is 1.42. The summed E-state index contributed by atoms with van der Waals surface area (Å²) in [6.45, 7) is 0. The molecule has 0 atom stereocenters. The van der Waals surface area contributed by atoms with Crippen molar-refractivity contribution in [2.75, 3.05) is 5.73 Å². The number of benzene rings is 1. The van der Waals surface area contributed by atoms with Crippen molar-refractivity contribution in [2.45, 2.75) is 0 Å². The second-order valence-electron chi connectivity index (χ2n) is 2.14. The molecule has 0 saturated carbocycles. The molecule has 2 nitrogen and oxygen atoms in total. The monoisotopic (exact) mass is 249 g/mol. The van der Waals surface area contributed by atoms with Gasteiger partial charge < -0.3 is 5.73 Å². The van der Waals surface area contributed by atoms with E-state index in [1.807, 2.05) is 0 Å². The number of para-hydroxylation sites is 1. The molecule has 0 amide bonds. The van der Waals surface area contributed by atoms with Gasteiger partial charge in [0.2, 0.25) is 0 Å². The zero-order valence-corrected chi connectivity index (χ0v) is 8.48. The van der Waals surface area contributed by atoms with Crippen LogP contribution in [0.1, 0.15) is 1.43 Å². The van der Waals surface area contributed by atoms with E-state index in [1.54, 1.807) is 12.1 Å². The molecule has 0 bridgehead atoms. The van der Waals surface area contributed by atoms with Crippen LogP contribution in [0.15, 0.2) is 18.2 Å². The Labute approximate surface area is 84.5 Å². The van der Waals surface area contributed by atoms with Crippen LogP contribution in [0, 0.1) is 5.82 Å². The molecule has 0 aliphatic heterocycles. The van der Waals surface area contributed by atoms with Crippen molar-refractivity contribution in [2.24, 2.45) is 0 Å². The van der Waals surface area contributed by atoms with Gasteiger partial charge in [-0.1, -0.05) is 17.4 Å². The number of hydrogen-bond donors (Lipinski definition) is 1. The number of thiazole rings is 1. The van der Waals surface area contributed by atoms with E-state index in [-0.39, 0.29) is 24.2 Å². The summed E-state index contributed by atoms with van der Waals surface area (Å²) in [5.74, 6) is -0.310. The highest BCUT2D eigenvalue weighted by atomic mass is 79.9. The van der Waals surface area contributed by atoms with Crippen LogP contribution in [0.5, 0.6) is 0 Å². The predicted octanol–water partition coefficient (Wildman–Crippen LogP) is 2.71. The summed E-state index contributed by atoms with van der Waals surface area (Å²) in [5, 5.41) is 0.408. The highest BCUT2D eigenvalue weighted by molar-refractivity contribution is 8.93. The third-order valence-corrected chi connectivity index (χ3v) is 2.24. The van der Waals surface area contributed by atoms with Crippen LogP contribution in [0.4, 0.5) is 9.52 Å². The molecule has 1 aromatic heterocycles. The summed E-state index contributed by atoms with van der Waals surface area (Å²) in [5.41, 5.74) is 5.77. The van der Waals surface area contributed by atoms with Gasteiger partial charge in [-0.2, -0.15) is 0 Å². The van der Waals surface area contributed by atoms with Crippen molar-refractivity contribution in [3.05, 3.63) is 24.0 Å². The van der Waals surface area contributed by atoms with Crippen molar-refractivity contribution >= 4 is 43.7 Å². The van der Waals surface area contributed by atoms with Gasteiger partial charge in [0.25, 0.3) is 0 Å². The molecule has 0 unspecified atom stereocenters. The third-order valence-electron chi connectivity index (χ3n) is 1.39. The quantitative estimate of drug-likeness (QED) is 0.780. The Morgan fingerprint density at radius 2 is 2.25 bits per heavy atom. The van der Waals surface area contributed by atoms with Crippen LogP contribution in [-0.4, -0.2) is 4.98 Å². The van der Waals surface area contributed by atoms with Crippen LogP contribution in [0.3, 0.4) is 0 Å². The van der Waals surface area contributed by atoms with E-state index >= 15 is 0 Å². The van der Waals surface area contributed by atoms with E-state index in [0.29, 0.717) is 10.6 Å². The summed E-state index contributed by atoms with van der Waals surface area (Å²) >= 11 is 1.29. The molecule has 12 heavy (non-hydrogen) atoms. The van der Waals surface area contributed by atoms with Crippen molar-refractivity contribution in [1.29, 1.82) is 0 Å². The molecular formula is C7H7BrFN2S. The van der Waals surface area contributed by atoms with Gasteiger partial charge >= 0.3 is 0 Å². The summed E-state index contributed by atoms with van der Waals surface area (Å²) in [6, 6.07) is 4.82. The van der Waals surface area contributed by atoms with Crippen LogP contribution in [0.2, 0.25) is 0 Å². The van der Waals surface area contributed by atoms with Crippen LogP contribution in [0.25, 0.3) is 10.2 Å². The van der Waals surface area contributed by atoms with E-state index in [4.69, 9.17) is 5.73 Å². The normalized spacial score (nSPS) is 9.75. The van der Waals surface area contributed by atoms with E-state index in [1.165, 1.54) is 17.4 Å². The lowest BCUT2D eigenvalue weighted by Gasteiger charge is -1.86. The summed E-state index contributed by atoms with van der Waals surface area (Å²) < 4.78 is 13.7. The maximum Gasteiger partial charge on any atom is 0.181 e. The summed E-state index contributed by atoms with van der Waals surface area (Å²) in [6.07, 6.45) is 0. The molecule has 65 valence electrons. The largest absolute Gasteiger partial charge is 0.375 e. The number of halogens is 2. The van der Waals surface area contributed by atoms with Gasteiger partial charge in [0.1, 0.15) is 11.3 Å². The summed E-state index contributed by atoms with van der Waals surface area (Å²) in [7, 11) is 0. The van der Waals surface area contributed by atoms with E-state index in [9.17, 15) is 4.39 Å². The molecule has 0 spiro atoms. The Morgan fingerprint density at radius 1 is 1.50 bits per heavy atom. The Balaban J connectivity index is 0.000000720. The van der Waals surface area contributed by atoms with Gasteiger partial charge in [0.15, 0.2) is 5.13 Å². The molecule has 5 heteroatoms. The molecule has 0 aliphatic carbocycles. The average molecular weight is 250 g/mol. The van der Waals surface area contributed by atoms with Crippen molar-refractivity contribution in [1.82, 2.24) is 4.98 Å². The molecule has 2 aromatic rings. The van der Waals surface area contributed by atoms with Crippen LogP contribution < -0.4 is 5.73 Å². The Hall–Kier alpha value is -0.680. The Morgan fingerprint density at radius 3 is 2.92 bits per heavy atom. The van der Waals surface area contributed by atoms with Crippen molar-refractivity contribution in [3.63, 3.8) is 0 Å². The smallest absolute Gasteiger partial charge is 0.181 e. The lowest BCUT2D eigenvalue weighted by molar-refractivity contribution is 0.637. The first-order valence-corrected chi connectivity index (χ1v) is 3.89. The second kappa shape index (κ2) is 3.37. The molecule has 1 aromatic carbocycles. The zero-order chi connectivity index (χ0) is 7.84. The number of nitrogens with two attached hydrogens (primary N) is 1. The first-order chi connectivity index (χ1) is 5.27. The minimum Gasteiger partial charge on any atom is -0.375 e. The van der Waals surface area contributed by atoms with E-state index < -0.39 is 0 Å². The number of hydrogen-bond acceptors (Lipinski definition) is 3. The second-order valence-corrected chi connectivity index (χ2v) is 3.20. The topological polar surface area (TPSA) is 38.9 Å². The van der Waals surface area contributed by atoms with Gasteiger partial charge in [-0.3, -0.25) is 0 Å². The van der Waals surface area contributed by atoms with Crippen LogP contribution >= 0.6 is 28.3 Å². The Bertz CT molecular complexity index is 406. The summed E-state index contributed by atoms with van der Waals surface area (Å²) in [4.78, 5) is 3.83.